The minimum Gasteiger partial charge on any atom is -0.465 e. The van der Waals surface area contributed by atoms with Gasteiger partial charge in [0.05, 0.1) is 47.3 Å². The van der Waals surface area contributed by atoms with Gasteiger partial charge >= 0.3 is 6.09 Å². The van der Waals surface area contributed by atoms with Gasteiger partial charge in [-0.25, -0.2) is 9.78 Å². The lowest BCUT2D eigenvalue weighted by Crippen LogP contribution is -2.66. The Balaban J connectivity index is 1.80. The molecule has 0 saturated carbocycles. The molecule has 3 amide bonds. The molecule has 1 N–H and O–H groups in total. The van der Waals surface area contributed by atoms with Crippen LogP contribution in [0.15, 0.2) is 18.2 Å². The van der Waals surface area contributed by atoms with E-state index < -0.39 is 29.5 Å². The zero-order valence-corrected chi connectivity index (χ0v) is 27.7. The Kier molecular flexibility index (Phi) is 11.2. The number of carbonyl (C=O) groups excluding carboxylic acids is 2. The first kappa shape index (κ1) is 34.0. The summed E-state index contributed by atoms with van der Waals surface area (Å²) in [6.07, 6.45) is 0.821. The fourth-order valence-corrected chi connectivity index (χ4v) is 7.02. The number of fused-ring (bicyclic) bond motifs is 1. The number of hydrogen-bond donors (Lipinski definition) is 1. The van der Waals surface area contributed by atoms with E-state index in [9.17, 15) is 19.5 Å². The third kappa shape index (κ3) is 7.49. The first-order valence-electron chi connectivity index (χ1n) is 15.7. The number of morpholine rings is 1. The molecule has 11 nitrogen and oxygen atoms in total. The highest BCUT2D eigenvalue weighted by molar-refractivity contribution is 6.35. The lowest BCUT2D eigenvalue weighted by atomic mass is 9.74. The van der Waals surface area contributed by atoms with Crippen molar-refractivity contribution in [2.24, 2.45) is 17.3 Å². The summed E-state index contributed by atoms with van der Waals surface area (Å²) >= 11 is 6.66. The van der Waals surface area contributed by atoms with Crippen molar-refractivity contribution in [1.29, 1.82) is 0 Å². The molecule has 2 aliphatic rings. The quantitative estimate of drug-likeness (QED) is 0.372. The Morgan fingerprint density at radius 3 is 2.50 bits per heavy atom. The van der Waals surface area contributed by atoms with Gasteiger partial charge in [0.25, 0.3) is 5.91 Å². The highest BCUT2D eigenvalue weighted by Gasteiger charge is 2.50. The number of benzene rings is 1. The lowest BCUT2D eigenvalue weighted by Gasteiger charge is -2.52. The van der Waals surface area contributed by atoms with E-state index in [1.165, 1.54) is 4.90 Å². The van der Waals surface area contributed by atoms with Gasteiger partial charge in [-0.3, -0.25) is 9.59 Å². The molecule has 1 unspecified atom stereocenters. The first-order valence-corrected chi connectivity index (χ1v) is 16.0. The van der Waals surface area contributed by atoms with Crippen LogP contribution in [0.3, 0.4) is 0 Å². The molecule has 0 bridgehead atoms. The molecule has 1 aromatic carbocycles. The molecule has 12 heteroatoms. The third-order valence-electron chi connectivity index (χ3n) is 8.56. The Morgan fingerprint density at radius 2 is 1.89 bits per heavy atom. The molecule has 0 aliphatic carbocycles. The van der Waals surface area contributed by atoms with Gasteiger partial charge in [-0.1, -0.05) is 52.3 Å². The van der Waals surface area contributed by atoms with Crippen LogP contribution < -0.4 is 0 Å². The number of imidazole rings is 1. The topological polar surface area (TPSA) is 117 Å². The second-order valence-electron chi connectivity index (χ2n) is 13.4. The molecule has 2 saturated heterocycles. The van der Waals surface area contributed by atoms with E-state index in [1.54, 1.807) is 23.0 Å². The number of aromatic nitrogens is 2. The van der Waals surface area contributed by atoms with Crippen molar-refractivity contribution in [2.45, 2.75) is 72.5 Å². The van der Waals surface area contributed by atoms with Crippen molar-refractivity contribution in [3.8, 4) is 0 Å². The van der Waals surface area contributed by atoms with Crippen LogP contribution in [-0.2, 0) is 20.8 Å². The standard InChI is InChI=1S/C32H48ClN5O6/c1-21(2)19-37(30(40)28-34-24-11-9-10-23(33)26(24)36(28)12-7-8-15-43-6)25-18-22(29(39)35-13-16-44-17-14-35)20-38(31(41)42)27(25)32(3,4)5/h9-11,21-22,25,27H,7-8,12-20H2,1-6H3,(H,41,42)/t22-,25+,27?/m1/s1. The van der Waals surface area contributed by atoms with Gasteiger partial charge in [-0.15, -0.1) is 0 Å². The van der Waals surface area contributed by atoms with Crippen LogP contribution >= 0.6 is 11.6 Å². The number of likely N-dealkylation sites (tertiary alicyclic amines) is 1. The van der Waals surface area contributed by atoms with Crippen LogP contribution in [0, 0.1) is 17.3 Å². The van der Waals surface area contributed by atoms with E-state index >= 15 is 0 Å². The van der Waals surface area contributed by atoms with E-state index in [1.807, 2.05) is 51.3 Å². The van der Waals surface area contributed by atoms with E-state index in [-0.39, 0.29) is 30.1 Å². The van der Waals surface area contributed by atoms with E-state index in [0.29, 0.717) is 68.5 Å². The van der Waals surface area contributed by atoms with Crippen LogP contribution in [0.2, 0.25) is 5.02 Å². The van der Waals surface area contributed by atoms with Crippen molar-refractivity contribution >= 4 is 40.5 Å². The van der Waals surface area contributed by atoms with Crippen molar-refractivity contribution < 1.29 is 29.0 Å². The number of hydrogen-bond acceptors (Lipinski definition) is 6. The molecular weight excluding hydrogens is 586 g/mol. The Bertz CT molecular complexity index is 1320. The lowest BCUT2D eigenvalue weighted by molar-refractivity contribution is -0.144. The van der Waals surface area contributed by atoms with Crippen molar-refractivity contribution in [3.05, 3.63) is 29.0 Å². The van der Waals surface area contributed by atoms with Crippen LogP contribution in [-0.4, -0.2) is 112 Å². The van der Waals surface area contributed by atoms with Crippen molar-refractivity contribution in [2.75, 3.05) is 53.1 Å². The number of methoxy groups -OCH3 is 1. The second-order valence-corrected chi connectivity index (χ2v) is 13.8. The zero-order chi connectivity index (χ0) is 32.2. The van der Waals surface area contributed by atoms with E-state index in [0.717, 1.165) is 12.8 Å². The summed E-state index contributed by atoms with van der Waals surface area (Å²) in [6.45, 7) is 13.5. The fourth-order valence-electron chi connectivity index (χ4n) is 6.74. The monoisotopic (exact) mass is 633 g/mol. The van der Waals surface area contributed by atoms with Gasteiger partial charge in [0, 0.05) is 46.4 Å². The molecule has 44 heavy (non-hydrogen) atoms. The summed E-state index contributed by atoms with van der Waals surface area (Å²) in [5.74, 6) is -0.621. The summed E-state index contributed by atoms with van der Waals surface area (Å²) in [6, 6.07) is 4.36. The van der Waals surface area contributed by atoms with Gasteiger partial charge in [0.15, 0.2) is 5.82 Å². The Morgan fingerprint density at radius 1 is 1.18 bits per heavy atom. The molecule has 4 rings (SSSR count). The van der Waals surface area contributed by atoms with Crippen molar-refractivity contribution in [3.63, 3.8) is 0 Å². The number of ether oxygens (including phenoxy) is 2. The number of carboxylic acid groups (broad SMARTS) is 1. The molecule has 2 fully saturated rings. The molecule has 2 aliphatic heterocycles. The van der Waals surface area contributed by atoms with Gasteiger partial charge in [-0.2, -0.15) is 0 Å². The summed E-state index contributed by atoms with van der Waals surface area (Å²) in [7, 11) is 1.66. The molecule has 0 spiro atoms. The fraction of sp³-hybridized carbons (Fsp3) is 0.688. The molecule has 2 aromatic rings. The van der Waals surface area contributed by atoms with Gasteiger partial charge in [0.1, 0.15) is 0 Å². The smallest absolute Gasteiger partial charge is 0.407 e. The largest absolute Gasteiger partial charge is 0.465 e. The second kappa shape index (κ2) is 14.5. The molecular formula is C32H48ClN5O6. The molecule has 1 aromatic heterocycles. The van der Waals surface area contributed by atoms with Crippen LogP contribution in [0.25, 0.3) is 11.0 Å². The van der Waals surface area contributed by atoms with E-state index in [2.05, 4.69) is 0 Å². The third-order valence-corrected chi connectivity index (χ3v) is 8.87. The SMILES string of the molecule is COCCCCn1c(C(=O)N(CC(C)C)[C@H]2C[C@@H](C(=O)N3CCOCC3)CN(C(=O)O)C2C(C)(C)C)nc2cccc(Cl)c21. The number of rotatable bonds is 10. The molecule has 0 radical (unpaired) electrons. The normalized spacial score (nSPS) is 21.2. The number of halogens is 1. The number of carbonyl (C=O) groups is 3. The summed E-state index contributed by atoms with van der Waals surface area (Å²) < 4.78 is 12.6. The number of piperidine rings is 1. The number of unbranched alkanes of at least 4 members (excludes halogenated alkanes) is 1. The average molecular weight is 634 g/mol. The Hall–Kier alpha value is -2.89. The van der Waals surface area contributed by atoms with Crippen LogP contribution in [0.1, 0.15) is 64.5 Å². The summed E-state index contributed by atoms with van der Waals surface area (Å²) in [4.78, 5) is 51.1. The van der Waals surface area contributed by atoms with Crippen molar-refractivity contribution in [1.82, 2.24) is 24.3 Å². The van der Waals surface area contributed by atoms with Crippen LogP contribution in [0.4, 0.5) is 4.79 Å². The molecule has 3 atom stereocenters. The van der Waals surface area contributed by atoms with Gasteiger partial charge in [-0.05, 0) is 42.7 Å². The van der Waals surface area contributed by atoms with E-state index in [4.69, 9.17) is 26.1 Å². The predicted octanol–water partition coefficient (Wildman–Crippen LogP) is 4.86. The highest BCUT2D eigenvalue weighted by atomic mass is 35.5. The van der Waals surface area contributed by atoms with Gasteiger partial charge in [0.2, 0.25) is 5.91 Å². The maximum Gasteiger partial charge on any atom is 0.407 e. The maximum absolute atomic E-state index is 14.8. The summed E-state index contributed by atoms with van der Waals surface area (Å²) in [5.41, 5.74) is 0.804. The van der Waals surface area contributed by atoms with Crippen LogP contribution in [0.5, 0.6) is 0 Å². The number of nitrogens with zero attached hydrogens (tertiary/aromatic N) is 5. The zero-order valence-electron chi connectivity index (χ0n) is 26.9. The predicted molar refractivity (Wildman–Crippen MR) is 169 cm³/mol. The molecule has 3 heterocycles. The number of para-hydroxylation sites is 1. The Labute approximate surface area is 265 Å². The first-order chi connectivity index (χ1) is 20.8. The minimum atomic E-state index is -1.09. The minimum absolute atomic E-state index is 0.0799. The van der Waals surface area contributed by atoms with Gasteiger partial charge < -0.3 is 33.8 Å². The number of aryl methyl sites for hydroxylation is 1. The molecule has 244 valence electrons. The maximum atomic E-state index is 14.8. The summed E-state index contributed by atoms with van der Waals surface area (Å²) in [5, 5.41) is 11.0. The highest BCUT2D eigenvalue weighted by Crippen LogP contribution is 2.39. The number of amides is 3. The average Bonchev–Trinajstić information content (AvgIpc) is 3.36.